The molecule has 2 heterocycles. The van der Waals surface area contributed by atoms with Crippen LogP contribution in [0.5, 0.6) is 0 Å². The fraction of sp³-hybridized carbons (Fsp3) is 0.333. The normalized spacial score (nSPS) is 12.9. The fourth-order valence-corrected chi connectivity index (χ4v) is 2.32. The average Bonchev–Trinajstić information content (AvgIpc) is 2.79. The summed E-state index contributed by atoms with van der Waals surface area (Å²) in [7, 11) is 3.63. The van der Waals surface area contributed by atoms with Gasteiger partial charge in [-0.3, -0.25) is 15.2 Å². The third-order valence-electron chi connectivity index (χ3n) is 2.70. The summed E-state index contributed by atoms with van der Waals surface area (Å²) in [6.45, 7) is 0. The highest BCUT2D eigenvalue weighted by Gasteiger charge is 2.23. The van der Waals surface area contributed by atoms with Crippen molar-refractivity contribution in [2.45, 2.75) is 6.04 Å². The van der Waals surface area contributed by atoms with Gasteiger partial charge in [0.05, 0.1) is 28.6 Å². The van der Waals surface area contributed by atoms with Crippen molar-refractivity contribution in [3.8, 4) is 0 Å². The first kappa shape index (κ1) is 12.1. The van der Waals surface area contributed by atoms with Crippen molar-refractivity contribution in [3.05, 3.63) is 28.1 Å². The second-order valence-electron chi connectivity index (χ2n) is 3.71. The molecule has 0 aromatic carbocycles. The van der Waals surface area contributed by atoms with E-state index in [9.17, 15) is 0 Å². The fourth-order valence-electron chi connectivity index (χ4n) is 1.75. The summed E-state index contributed by atoms with van der Waals surface area (Å²) in [6, 6.07) is -0.259. The van der Waals surface area contributed by atoms with Crippen LogP contribution in [0.4, 0.5) is 5.82 Å². The van der Waals surface area contributed by atoms with Crippen molar-refractivity contribution in [2.24, 2.45) is 19.9 Å². The van der Waals surface area contributed by atoms with Gasteiger partial charge in [0.25, 0.3) is 0 Å². The molecule has 0 radical (unpaired) electrons. The molecule has 5 N–H and O–H groups in total. The lowest BCUT2D eigenvalue weighted by Crippen LogP contribution is -2.31. The molecule has 0 aliphatic rings. The maximum Gasteiger partial charge on any atom is 0.126 e. The van der Waals surface area contributed by atoms with Crippen molar-refractivity contribution in [2.75, 3.05) is 5.73 Å². The van der Waals surface area contributed by atoms with Crippen molar-refractivity contribution < 1.29 is 0 Å². The van der Waals surface area contributed by atoms with Crippen LogP contribution in [0.15, 0.2) is 16.9 Å². The van der Waals surface area contributed by atoms with Crippen LogP contribution in [0.2, 0.25) is 0 Å². The average molecular weight is 300 g/mol. The van der Waals surface area contributed by atoms with Gasteiger partial charge in [-0.25, -0.2) is 5.43 Å². The predicted octanol–water partition coefficient (Wildman–Crippen LogP) is 0.0510. The minimum atomic E-state index is -0.259. The molecule has 0 fully saturated rings. The van der Waals surface area contributed by atoms with Gasteiger partial charge >= 0.3 is 0 Å². The van der Waals surface area contributed by atoms with Crippen LogP contribution in [-0.2, 0) is 14.1 Å². The van der Waals surface area contributed by atoms with Crippen LogP contribution in [0, 0.1) is 0 Å². The number of nitrogens with zero attached hydrogens (tertiary/aromatic N) is 4. The minimum Gasteiger partial charge on any atom is -0.384 e. The zero-order valence-corrected chi connectivity index (χ0v) is 11.1. The summed E-state index contributed by atoms with van der Waals surface area (Å²) in [5.41, 5.74) is 10.4. The molecule has 0 saturated carbocycles. The quantitative estimate of drug-likeness (QED) is 0.549. The Morgan fingerprint density at radius 3 is 2.35 bits per heavy atom. The molecule has 2 aromatic rings. The molecule has 2 rings (SSSR count). The van der Waals surface area contributed by atoms with Gasteiger partial charge in [0.1, 0.15) is 5.82 Å². The van der Waals surface area contributed by atoms with Crippen molar-refractivity contribution in [3.63, 3.8) is 0 Å². The van der Waals surface area contributed by atoms with Gasteiger partial charge in [0.2, 0.25) is 0 Å². The van der Waals surface area contributed by atoms with E-state index in [-0.39, 0.29) is 6.04 Å². The molecular weight excluding hydrogens is 286 g/mol. The molecule has 7 nitrogen and oxygen atoms in total. The van der Waals surface area contributed by atoms with Crippen LogP contribution in [0.1, 0.15) is 17.3 Å². The SMILES string of the molecule is Cn1ncc(C(NN)c2c(Br)cnn2C)c1N. The van der Waals surface area contributed by atoms with Crippen LogP contribution in [-0.4, -0.2) is 19.6 Å². The predicted molar refractivity (Wildman–Crippen MR) is 67.7 cm³/mol. The standard InChI is InChI=1S/C9H14BrN7/c1-16-8(6(10)4-14-16)7(15-12)5-3-13-17(2)9(5)11/h3-4,7,15H,11-12H2,1-2H3. The van der Waals surface area contributed by atoms with Gasteiger partial charge in [0.15, 0.2) is 0 Å². The smallest absolute Gasteiger partial charge is 0.126 e. The number of hydrazine groups is 1. The van der Waals surface area contributed by atoms with E-state index in [0.29, 0.717) is 5.82 Å². The van der Waals surface area contributed by atoms with E-state index >= 15 is 0 Å². The summed E-state index contributed by atoms with van der Waals surface area (Å²) < 4.78 is 4.21. The lowest BCUT2D eigenvalue weighted by Gasteiger charge is -2.16. The van der Waals surface area contributed by atoms with Crippen LogP contribution < -0.4 is 17.0 Å². The second-order valence-corrected chi connectivity index (χ2v) is 4.56. The lowest BCUT2D eigenvalue weighted by atomic mass is 10.1. The molecule has 17 heavy (non-hydrogen) atoms. The largest absolute Gasteiger partial charge is 0.384 e. The first-order chi connectivity index (χ1) is 8.06. The van der Waals surface area contributed by atoms with E-state index in [1.165, 1.54) is 0 Å². The van der Waals surface area contributed by atoms with Crippen LogP contribution in [0.3, 0.4) is 0 Å². The molecule has 8 heteroatoms. The summed E-state index contributed by atoms with van der Waals surface area (Å²) in [5.74, 6) is 6.18. The topological polar surface area (TPSA) is 99.7 Å². The zero-order chi connectivity index (χ0) is 12.6. The molecule has 0 aliphatic carbocycles. The van der Waals surface area contributed by atoms with Crippen molar-refractivity contribution in [1.29, 1.82) is 0 Å². The number of nitrogens with one attached hydrogen (secondary N) is 1. The monoisotopic (exact) mass is 299 g/mol. The number of hydrogen-bond acceptors (Lipinski definition) is 5. The molecule has 92 valence electrons. The first-order valence-electron chi connectivity index (χ1n) is 4.97. The molecule has 0 aliphatic heterocycles. The number of rotatable bonds is 3. The Hall–Kier alpha value is -1.38. The van der Waals surface area contributed by atoms with E-state index in [1.54, 1.807) is 28.8 Å². The van der Waals surface area contributed by atoms with E-state index in [2.05, 4.69) is 31.6 Å². The molecular formula is C9H14BrN7. The van der Waals surface area contributed by atoms with Gasteiger partial charge < -0.3 is 5.73 Å². The minimum absolute atomic E-state index is 0.259. The highest BCUT2D eigenvalue weighted by molar-refractivity contribution is 9.10. The Labute approximate surface area is 107 Å². The molecule has 1 unspecified atom stereocenters. The summed E-state index contributed by atoms with van der Waals surface area (Å²) in [6.07, 6.45) is 3.41. The Kier molecular flexibility index (Phi) is 3.18. The Bertz CT molecular complexity index is 510. The van der Waals surface area contributed by atoms with Gasteiger partial charge in [-0.15, -0.1) is 0 Å². The first-order valence-corrected chi connectivity index (χ1v) is 5.76. The molecule has 0 saturated heterocycles. The number of hydrogen-bond donors (Lipinski definition) is 3. The van der Waals surface area contributed by atoms with Crippen molar-refractivity contribution in [1.82, 2.24) is 25.0 Å². The maximum atomic E-state index is 5.95. The van der Waals surface area contributed by atoms with E-state index < -0.39 is 0 Å². The van der Waals surface area contributed by atoms with Crippen LogP contribution in [0.25, 0.3) is 0 Å². The van der Waals surface area contributed by atoms with E-state index in [0.717, 1.165) is 15.7 Å². The zero-order valence-electron chi connectivity index (χ0n) is 9.55. The Morgan fingerprint density at radius 2 is 1.94 bits per heavy atom. The summed E-state index contributed by atoms with van der Waals surface area (Å²) in [5, 5.41) is 8.26. The lowest BCUT2D eigenvalue weighted by molar-refractivity contribution is 0.574. The number of halogens is 1. The number of nitrogen functional groups attached to an aromatic ring is 1. The highest BCUT2D eigenvalue weighted by atomic mass is 79.9. The Morgan fingerprint density at radius 1 is 1.29 bits per heavy atom. The number of nitrogens with two attached hydrogens (primary N) is 2. The number of aromatic nitrogens is 4. The third kappa shape index (κ3) is 1.94. The second kappa shape index (κ2) is 4.47. The molecule has 2 aromatic heterocycles. The van der Waals surface area contributed by atoms with Gasteiger partial charge in [0, 0.05) is 19.7 Å². The number of anilines is 1. The molecule has 1 atom stereocenters. The molecule has 0 bridgehead atoms. The van der Waals surface area contributed by atoms with Crippen molar-refractivity contribution >= 4 is 21.7 Å². The third-order valence-corrected chi connectivity index (χ3v) is 3.31. The summed E-state index contributed by atoms with van der Waals surface area (Å²) >= 11 is 3.44. The summed E-state index contributed by atoms with van der Waals surface area (Å²) in [4.78, 5) is 0. The molecule has 0 spiro atoms. The van der Waals surface area contributed by atoms with E-state index in [1.807, 2.05) is 7.05 Å². The molecule has 0 amide bonds. The van der Waals surface area contributed by atoms with Gasteiger partial charge in [-0.05, 0) is 15.9 Å². The van der Waals surface area contributed by atoms with Gasteiger partial charge in [-0.2, -0.15) is 10.2 Å². The highest BCUT2D eigenvalue weighted by Crippen LogP contribution is 2.30. The number of aryl methyl sites for hydroxylation is 2. The van der Waals surface area contributed by atoms with E-state index in [4.69, 9.17) is 11.6 Å². The van der Waals surface area contributed by atoms with Gasteiger partial charge in [-0.1, -0.05) is 0 Å². The maximum absolute atomic E-state index is 5.95. The van der Waals surface area contributed by atoms with Crippen LogP contribution >= 0.6 is 15.9 Å². The Balaban J connectivity index is 2.51.